The number of nitrogens with zero attached hydrogens (tertiary/aromatic N) is 2. The van der Waals surface area contributed by atoms with Crippen LogP contribution in [-0.4, -0.2) is 44.5 Å². The molecule has 208 valence electrons. The molecular weight excluding hydrogens is 511 g/mol. The van der Waals surface area contributed by atoms with Gasteiger partial charge in [-0.05, 0) is 85.6 Å². The Labute approximate surface area is 224 Å². The van der Waals surface area contributed by atoms with Crippen molar-refractivity contribution >= 4 is 22.8 Å². The number of nitrogens with one attached hydrogen (secondary N) is 1. The maximum Gasteiger partial charge on any atom is 0.416 e. The van der Waals surface area contributed by atoms with Gasteiger partial charge in [0.05, 0.1) is 42.0 Å². The normalized spacial score (nSPS) is 20.6. The quantitative estimate of drug-likeness (QED) is 0.337. The summed E-state index contributed by atoms with van der Waals surface area (Å²) < 4.78 is 40.7. The molecular formula is C29H32F3N3O4. The van der Waals surface area contributed by atoms with Gasteiger partial charge in [0, 0.05) is 11.8 Å². The minimum Gasteiger partial charge on any atom is -0.481 e. The second kappa shape index (κ2) is 11.0. The second-order valence-corrected chi connectivity index (χ2v) is 10.9. The van der Waals surface area contributed by atoms with Crippen LogP contribution in [0.5, 0.6) is 0 Å². The summed E-state index contributed by atoms with van der Waals surface area (Å²) in [5.41, 5.74) is 2.28. The summed E-state index contributed by atoms with van der Waals surface area (Å²) in [5, 5.41) is 27.3. The van der Waals surface area contributed by atoms with Crippen LogP contribution in [0.1, 0.15) is 77.9 Å². The van der Waals surface area contributed by atoms with E-state index in [-0.39, 0.29) is 37.3 Å². The lowest BCUT2D eigenvalue weighted by atomic mass is 9.77. The number of carboxylic acid groups (broad SMARTS) is 1. The molecule has 0 radical (unpaired) electrons. The smallest absolute Gasteiger partial charge is 0.416 e. The highest BCUT2D eigenvalue weighted by Gasteiger charge is 2.32. The molecule has 39 heavy (non-hydrogen) atoms. The number of hydrogen-bond donors (Lipinski definition) is 3. The van der Waals surface area contributed by atoms with Gasteiger partial charge in [-0.15, -0.1) is 0 Å². The Hall–Kier alpha value is -3.40. The van der Waals surface area contributed by atoms with E-state index in [1.165, 1.54) is 12.1 Å². The van der Waals surface area contributed by atoms with Crippen molar-refractivity contribution in [3.63, 3.8) is 0 Å². The predicted octanol–water partition coefficient (Wildman–Crippen LogP) is 5.35. The zero-order chi connectivity index (χ0) is 27.7. The molecule has 10 heteroatoms. The maximum atomic E-state index is 13.4. The fourth-order valence-electron chi connectivity index (χ4n) is 5.84. The highest BCUT2D eigenvalue weighted by Crippen LogP contribution is 2.44. The molecule has 1 heterocycles. The molecule has 5 rings (SSSR count). The summed E-state index contributed by atoms with van der Waals surface area (Å²) in [5.74, 6) is -0.573. The van der Waals surface area contributed by atoms with E-state index in [4.69, 9.17) is 5.11 Å². The summed E-state index contributed by atoms with van der Waals surface area (Å²) in [6, 6.07) is 8.29. The van der Waals surface area contributed by atoms with Crippen molar-refractivity contribution in [2.75, 3.05) is 6.61 Å². The van der Waals surface area contributed by atoms with E-state index in [9.17, 15) is 27.9 Å². The minimum absolute atomic E-state index is 0.0626. The molecule has 0 saturated heterocycles. The van der Waals surface area contributed by atoms with Crippen molar-refractivity contribution in [1.82, 2.24) is 15.1 Å². The van der Waals surface area contributed by atoms with Crippen LogP contribution >= 0.6 is 0 Å². The van der Waals surface area contributed by atoms with E-state index in [1.54, 1.807) is 16.9 Å². The first-order valence-electron chi connectivity index (χ1n) is 13.4. The monoisotopic (exact) mass is 543 g/mol. The van der Waals surface area contributed by atoms with E-state index < -0.39 is 23.8 Å². The molecule has 2 aliphatic rings. The Balaban J connectivity index is 1.36. The largest absolute Gasteiger partial charge is 0.481 e. The lowest BCUT2D eigenvalue weighted by molar-refractivity contribution is -0.139. The molecule has 2 aromatic carbocycles. The van der Waals surface area contributed by atoms with Crippen molar-refractivity contribution in [3.05, 3.63) is 64.8 Å². The third-order valence-electron chi connectivity index (χ3n) is 8.14. The van der Waals surface area contributed by atoms with Crippen LogP contribution in [0.25, 0.3) is 10.9 Å². The molecule has 3 aromatic rings. The van der Waals surface area contributed by atoms with E-state index in [0.29, 0.717) is 22.4 Å². The first-order valence-corrected chi connectivity index (χ1v) is 13.4. The molecule has 0 bridgehead atoms. The predicted molar refractivity (Wildman–Crippen MR) is 138 cm³/mol. The molecule has 2 aliphatic carbocycles. The minimum atomic E-state index is -4.40. The third-order valence-corrected chi connectivity index (χ3v) is 8.14. The van der Waals surface area contributed by atoms with Crippen molar-refractivity contribution in [1.29, 1.82) is 0 Å². The Morgan fingerprint density at radius 3 is 2.31 bits per heavy atom. The van der Waals surface area contributed by atoms with Crippen LogP contribution in [-0.2, 0) is 17.5 Å². The zero-order valence-electron chi connectivity index (χ0n) is 21.5. The number of rotatable bonds is 9. The molecule has 7 nitrogen and oxygen atoms in total. The van der Waals surface area contributed by atoms with Gasteiger partial charge in [-0.2, -0.15) is 18.3 Å². The highest BCUT2D eigenvalue weighted by atomic mass is 19.4. The van der Waals surface area contributed by atoms with Gasteiger partial charge in [0.1, 0.15) is 0 Å². The van der Waals surface area contributed by atoms with Gasteiger partial charge in [0.15, 0.2) is 0 Å². The number of aliphatic carboxylic acids is 1. The molecule has 3 N–H and O–H groups in total. The van der Waals surface area contributed by atoms with E-state index in [1.807, 2.05) is 6.07 Å². The molecule has 2 fully saturated rings. The molecule has 1 unspecified atom stereocenters. The number of carbonyl (C=O) groups is 2. The average Bonchev–Trinajstić information content (AvgIpc) is 3.67. The number of benzene rings is 2. The summed E-state index contributed by atoms with van der Waals surface area (Å²) in [6.07, 6.45) is 2.42. The van der Waals surface area contributed by atoms with Gasteiger partial charge >= 0.3 is 12.1 Å². The van der Waals surface area contributed by atoms with Gasteiger partial charge in [0.2, 0.25) is 0 Å². The average molecular weight is 544 g/mol. The summed E-state index contributed by atoms with van der Waals surface area (Å²) >= 11 is 0. The van der Waals surface area contributed by atoms with E-state index in [0.717, 1.165) is 61.7 Å². The number of fused-ring (bicyclic) bond motifs is 1. The Morgan fingerprint density at radius 1 is 1.03 bits per heavy atom. The standard InChI is InChI=1S/C29H32F3N3O4/c30-29(31,32)21-9-3-18(4-10-21)15-35-27-22(19-7-8-19)11-12-23(24(27)14-33-35)28(39)34-25(16-36)20-5-1-17(2-6-20)13-26(37)38/h3-4,9-12,14,17,19-20,25,36H,1-2,5-8,13,15-16H2,(H,34,39)(H,37,38). The number of carboxylic acids is 1. The van der Waals surface area contributed by atoms with Gasteiger partial charge in [-0.25, -0.2) is 0 Å². The fourth-order valence-corrected chi connectivity index (χ4v) is 5.84. The van der Waals surface area contributed by atoms with E-state index >= 15 is 0 Å². The second-order valence-electron chi connectivity index (χ2n) is 10.9. The van der Waals surface area contributed by atoms with Crippen LogP contribution in [0, 0.1) is 11.8 Å². The number of aliphatic hydroxyl groups excluding tert-OH is 1. The van der Waals surface area contributed by atoms with Crippen LogP contribution < -0.4 is 5.32 Å². The molecule has 0 aliphatic heterocycles. The van der Waals surface area contributed by atoms with Gasteiger partial charge in [-0.3, -0.25) is 14.3 Å². The van der Waals surface area contributed by atoms with Crippen LogP contribution in [0.4, 0.5) is 13.2 Å². The van der Waals surface area contributed by atoms with Crippen LogP contribution in [0.2, 0.25) is 0 Å². The number of hydrogen-bond acceptors (Lipinski definition) is 4. The van der Waals surface area contributed by atoms with Crippen LogP contribution in [0.3, 0.4) is 0 Å². The van der Waals surface area contributed by atoms with Gasteiger partial charge in [-0.1, -0.05) is 18.2 Å². The topological polar surface area (TPSA) is 104 Å². The summed E-state index contributed by atoms with van der Waals surface area (Å²) in [6.45, 7) is 0.0573. The Kier molecular flexibility index (Phi) is 7.66. The molecule has 2 saturated carbocycles. The first kappa shape index (κ1) is 27.2. The summed E-state index contributed by atoms with van der Waals surface area (Å²) in [7, 11) is 0. The number of alkyl halides is 3. The highest BCUT2D eigenvalue weighted by molar-refractivity contribution is 6.07. The number of carbonyl (C=O) groups excluding carboxylic acids is 1. The summed E-state index contributed by atoms with van der Waals surface area (Å²) in [4.78, 5) is 24.5. The lowest BCUT2D eigenvalue weighted by Crippen LogP contribution is -2.44. The molecule has 1 aromatic heterocycles. The van der Waals surface area contributed by atoms with Crippen molar-refractivity contribution in [2.45, 2.75) is 69.6 Å². The Morgan fingerprint density at radius 2 is 1.72 bits per heavy atom. The van der Waals surface area contributed by atoms with Crippen LogP contribution in [0.15, 0.2) is 42.6 Å². The van der Waals surface area contributed by atoms with Gasteiger partial charge in [0.25, 0.3) is 5.91 Å². The molecule has 1 amide bonds. The third kappa shape index (κ3) is 6.11. The lowest BCUT2D eigenvalue weighted by Gasteiger charge is -2.33. The number of halogens is 3. The Bertz CT molecular complexity index is 1340. The molecule has 1 atom stereocenters. The fraction of sp³-hybridized carbons (Fsp3) is 0.483. The zero-order valence-corrected chi connectivity index (χ0v) is 21.5. The molecule has 0 spiro atoms. The van der Waals surface area contributed by atoms with Crippen molar-refractivity contribution < 1.29 is 33.0 Å². The number of amides is 1. The van der Waals surface area contributed by atoms with Crippen molar-refractivity contribution in [2.24, 2.45) is 11.8 Å². The van der Waals surface area contributed by atoms with Crippen molar-refractivity contribution in [3.8, 4) is 0 Å². The maximum absolute atomic E-state index is 13.4. The van der Waals surface area contributed by atoms with E-state index in [2.05, 4.69) is 10.4 Å². The number of aromatic nitrogens is 2. The van der Waals surface area contributed by atoms with Gasteiger partial charge < -0.3 is 15.5 Å². The first-order chi connectivity index (χ1) is 18.6. The number of aliphatic hydroxyl groups is 1. The SMILES string of the molecule is O=C(O)CC1CCC(C(CO)NC(=O)c2ccc(C3CC3)c3c2cnn3Cc2ccc(C(F)(F)F)cc2)CC1.